The number of nitrogens with one attached hydrogen (secondary N) is 3. The highest BCUT2D eigenvalue weighted by Crippen LogP contribution is 2.20. The van der Waals surface area contributed by atoms with Gasteiger partial charge in [-0.05, 0) is 42.8 Å². The largest absolute Gasteiger partial charge is 0.376 e. The fourth-order valence-electron chi connectivity index (χ4n) is 2.09. The number of carbonyl (C=O) groups is 2. The zero-order valence-electron chi connectivity index (χ0n) is 13.7. The second-order valence-electron chi connectivity index (χ2n) is 5.34. The summed E-state index contributed by atoms with van der Waals surface area (Å²) in [4.78, 5) is 23.5. The Kier molecular flexibility index (Phi) is 6.21. The van der Waals surface area contributed by atoms with E-state index in [9.17, 15) is 9.59 Å². The molecule has 0 saturated heterocycles. The van der Waals surface area contributed by atoms with Crippen molar-refractivity contribution in [3.05, 3.63) is 53.1 Å². The van der Waals surface area contributed by atoms with Crippen molar-refractivity contribution in [3.63, 3.8) is 0 Å². The molecule has 2 aromatic carbocycles. The fraction of sp³-hybridized carbons (Fsp3) is 0.222. The molecule has 6 heteroatoms. The molecule has 0 atom stereocenters. The SMILES string of the molecule is CCC(=O)Nc1cccc(NC(=O)CNc2cc(Cl)ccc2C)c1. The lowest BCUT2D eigenvalue weighted by molar-refractivity contribution is -0.116. The zero-order chi connectivity index (χ0) is 17.5. The van der Waals surface area contributed by atoms with Crippen LogP contribution in [0.25, 0.3) is 0 Å². The maximum atomic E-state index is 12.1. The van der Waals surface area contributed by atoms with E-state index >= 15 is 0 Å². The number of halogens is 1. The van der Waals surface area contributed by atoms with E-state index in [1.165, 1.54) is 0 Å². The van der Waals surface area contributed by atoms with Crippen LogP contribution in [-0.2, 0) is 9.59 Å². The first kappa shape index (κ1) is 17.8. The molecule has 0 heterocycles. The molecule has 5 nitrogen and oxygen atoms in total. The predicted octanol–water partition coefficient (Wildman–Crippen LogP) is 4.05. The van der Waals surface area contributed by atoms with Crippen molar-refractivity contribution in [2.45, 2.75) is 20.3 Å². The van der Waals surface area contributed by atoms with Crippen molar-refractivity contribution in [1.29, 1.82) is 0 Å². The number of rotatable bonds is 6. The summed E-state index contributed by atoms with van der Waals surface area (Å²) in [5.74, 6) is -0.259. The Hall–Kier alpha value is -2.53. The molecule has 0 aliphatic carbocycles. The van der Waals surface area contributed by atoms with Crippen molar-refractivity contribution in [2.24, 2.45) is 0 Å². The van der Waals surface area contributed by atoms with Gasteiger partial charge in [0, 0.05) is 28.5 Å². The Bertz CT molecular complexity index is 747. The van der Waals surface area contributed by atoms with E-state index in [2.05, 4.69) is 16.0 Å². The number of hydrogen-bond acceptors (Lipinski definition) is 3. The summed E-state index contributed by atoms with van der Waals surface area (Å²) in [6, 6.07) is 12.5. The number of amides is 2. The molecule has 0 aliphatic heterocycles. The first-order valence-electron chi connectivity index (χ1n) is 7.67. The van der Waals surface area contributed by atoms with Crippen LogP contribution in [0.5, 0.6) is 0 Å². The van der Waals surface area contributed by atoms with Gasteiger partial charge >= 0.3 is 0 Å². The van der Waals surface area contributed by atoms with E-state index in [4.69, 9.17) is 11.6 Å². The van der Waals surface area contributed by atoms with E-state index in [0.29, 0.717) is 22.8 Å². The van der Waals surface area contributed by atoms with Gasteiger partial charge in [-0.2, -0.15) is 0 Å². The standard InChI is InChI=1S/C18H20ClN3O2/c1-3-17(23)21-14-5-4-6-15(10-14)22-18(24)11-20-16-9-13(19)8-7-12(16)2/h4-10,20H,3,11H2,1-2H3,(H,21,23)(H,22,24). The molecule has 0 radical (unpaired) electrons. The third kappa shape index (κ3) is 5.28. The summed E-state index contributed by atoms with van der Waals surface area (Å²) in [5, 5.41) is 9.23. The van der Waals surface area contributed by atoms with Gasteiger partial charge in [0.2, 0.25) is 11.8 Å². The number of benzene rings is 2. The van der Waals surface area contributed by atoms with Gasteiger partial charge in [0.1, 0.15) is 0 Å². The summed E-state index contributed by atoms with van der Waals surface area (Å²) >= 11 is 5.96. The minimum absolute atomic E-state index is 0.0726. The maximum absolute atomic E-state index is 12.1. The lowest BCUT2D eigenvalue weighted by atomic mass is 10.2. The van der Waals surface area contributed by atoms with Crippen molar-refractivity contribution < 1.29 is 9.59 Å². The third-order valence-corrected chi connectivity index (χ3v) is 3.63. The number of aryl methyl sites for hydroxylation is 1. The van der Waals surface area contributed by atoms with Crippen molar-refractivity contribution in [3.8, 4) is 0 Å². The third-order valence-electron chi connectivity index (χ3n) is 3.39. The fourth-order valence-corrected chi connectivity index (χ4v) is 2.26. The minimum atomic E-state index is -0.187. The Labute approximate surface area is 146 Å². The van der Waals surface area contributed by atoms with Crippen LogP contribution in [0, 0.1) is 6.92 Å². The molecular weight excluding hydrogens is 326 g/mol. The number of hydrogen-bond donors (Lipinski definition) is 3. The quantitative estimate of drug-likeness (QED) is 0.739. The summed E-state index contributed by atoms with van der Waals surface area (Å²) in [6.45, 7) is 3.84. The first-order valence-corrected chi connectivity index (χ1v) is 8.05. The molecule has 2 aromatic rings. The van der Waals surface area contributed by atoms with E-state index in [-0.39, 0.29) is 18.4 Å². The van der Waals surface area contributed by atoms with Gasteiger partial charge in [0.05, 0.1) is 6.54 Å². The van der Waals surface area contributed by atoms with Crippen LogP contribution in [0.3, 0.4) is 0 Å². The molecule has 0 unspecified atom stereocenters. The molecule has 0 fully saturated rings. The average Bonchev–Trinajstić information content (AvgIpc) is 2.56. The normalized spacial score (nSPS) is 10.1. The zero-order valence-corrected chi connectivity index (χ0v) is 14.4. The topological polar surface area (TPSA) is 70.2 Å². The minimum Gasteiger partial charge on any atom is -0.376 e. The highest BCUT2D eigenvalue weighted by atomic mass is 35.5. The Morgan fingerprint density at radius 2 is 1.67 bits per heavy atom. The molecule has 0 aliphatic rings. The predicted molar refractivity (Wildman–Crippen MR) is 98.7 cm³/mol. The van der Waals surface area contributed by atoms with E-state index in [0.717, 1.165) is 11.3 Å². The van der Waals surface area contributed by atoms with Crippen molar-refractivity contribution in [1.82, 2.24) is 0 Å². The van der Waals surface area contributed by atoms with Gasteiger partial charge in [-0.15, -0.1) is 0 Å². The van der Waals surface area contributed by atoms with Crippen molar-refractivity contribution in [2.75, 3.05) is 22.5 Å². The number of anilines is 3. The van der Waals surface area contributed by atoms with Crippen molar-refractivity contribution >= 4 is 40.5 Å². The Morgan fingerprint density at radius 3 is 2.33 bits per heavy atom. The van der Waals surface area contributed by atoms with Gasteiger partial charge in [-0.25, -0.2) is 0 Å². The molecule has 24 heavy (non-hydrogen) atoms. The highest BCUT2D eigenvalue weighted by molar-refractivity contribution is 6.30. The lowest BCUT2D eigenvalue weighted by Crippen LogP contribution is -2.22. The van der Waals surface area contributed by atoms with Gasteiger partial charge in [0.25, 0.3) is 0 Å². The van der Waals surface area contributed by atoms with E-state index < -0.39 is 0 Å². The van der Waals surface area contributed by atoms with Gasteiger partial charge in [-0.1, -0.05) is 30.7 Å². The summed E-state index contributed by atoms with van der Waals surface area (Å²) < 4.78 is 0. The monoisotopic (exact) mass is 345 g/mol. The van der Waals surface area contributed by atoms with Crippen LogP contribution in [0.1, 0.15) is 18.9 Å². The highest BCUT2D eigenvalue weighted by Gasteiger charge is 2.06. The molecule has 0 spiro atoms. The Morgan fingerprint density at radius 1 is 1.00 bits per heavy atom. The smallest absolute Gasteiger partial charge is 0.243 e. The molecule has 0 saturated carbocycles. The number of carbonyl (C=O) groups excluding carboxylic acids is 2. The van der Waals surface area contributed by atoms with Gasteiger partial charge < -0.3 is 16.0 Å². The van der Waals surface area contributed by atoms with Crippen LogP contribution in [0.2, 0.25) is 5.02 Å². The second kappa shape index (κ2) is 8.36. The molecule has 3 N–H and O–H groups in total. The molecule has 126 valence electrons. The summed E-state index contributed by atoms with van der Waals surface area (Å²) in [7, 11) is 0. The first-order chi connectivity index (χ1) is 11.5. The molecule has 0 aromatic heterocycles. The average molecular weight is 346 g/mol. The van der Waals surface area contributed by atoms with Crippen LogP contribution >= 0.6 is 11.6 Å². The molecular formula is C18H20ClN3O2. The van der Waals surface area contributed by atoms with E-state index in [1.54, 1.807) is 43.3 Å². The van der Waals surface area contributed by atoms with Gasteiger partial charge in [0.15, 0.2) is 0 Å². The summed E-state index contributed by atoms with van der Waals surface area (Å²) in [5.41, 5.74) is 3.11. The molecule has 2 rings (SSSR count). The van der Waals surface area contributed by atoms with Crippen LogP contribution in [0.15, 0.2) is 42.5 Å². The molecule has 0 bridgehead atoms. The van der Waals surface area contributed by atoms with Crippen LogP contribution in [-0.4, -0.2) is 18.4 Å². The maximum Gasteiger partial charge on any atom is 0.243 e. The van der Waals surface area contributed by atoms with Crippen LogP contribution < -0.4 is 16.0 Å². The summed E-state index contributed by atoms with van der Waals surface area (Å²) in [6.07, 6.45) is 0.402. The van der Waals surface area contributed by atoms with E-state index in [1.807, 2.05) is 13.0 Å². The lowest BCUT2D eigenvalue weighted by Gasteiger charge is -2.11. The van der Waals surface area contributed by atoms with Crippen LogP contribution in [0.4, 0.5) is 17.1 Å². The van der Waals surface area contributed by atoms with Gasteiger partial charge in [-0.3, -0.25) is 9.59 Å². The molecule has 2 amide bonds. The Balaban J connectivity index is 1.93. The second-order valence-corrected chi connectivity index (χ2v) is 5.78.